The molecule has 0 amide bonds. The molecule has 0 bridgehead atoms. The van der Waals surface area contributed by atoms with Gasteiger partial charge in [0.2, 0.25) is 0 Å². The second kappa shape index (κ2) is 6.46. The highest BCUT2D eigenvalue weighted by Crippen LogP contribution is 2.22. The van der Waals surface area contributed by atoms with Gasteiger partial charge in [0.25, 0.3) is 16.0 Å². The van der Waals surface area contributed by atoms with Crippen molar-refractivity contribution in [2.45, 2.75) is 18.4 Å². The number of anilines is 1. The van der Waals surface area contributed by atoms with E-state index in [4.69, 9.17) is 0 Å². The van der Waals surface area contributed by atoms with Crippen LogP contribution in [0.3, 0.4) is 0 Å². The first-order valence-electron chi connectivity index (χ1n) is 7.70. The topological polar surface area (TPSA) is 103 Å². The van der Waals surface area contributed by atoms with Gasteiger partial charge in [-0.3, -0.25) is 0 Å². The van der Waals surface area contributed by atoms with Crippen molar-refractivity contribution in [2.75, 3.05) is 4.72 Å². The molecule has 0 aliphatic heterocycles. The first-order chi connectivity index (χ1) is 12.5. The molecule has 10 heteroatoms. The van der Waals surface area contributed by atoms with Crippen LogP contribution >= 0.6 is 11.7 Å². The third-order valence-corrected chi connectivity index (χ3v) is 5.67. The van der Waals surface area contributed by atoms with Gasteiger partial charge in [0.05, 0.1) is 18.3 Å². The van der Waals surface area contributed by atoms with Gasteiger partial charge in [0, 0.05) is 0 Å². The van der Waals surface area contributed by atoms with Crippen LogP contribution in [0.1, 0.15) is 11.1 Å². The summed E-state index contributed by atoms with van der Waals surface area (Å²) in [5.41, 5.74) is 3.10. The fourth-order valence-corrected chi connectivity index (χ4v) is 4.19. The third kappa shape index (κ3) is 3.28. The number of hydrogen-bond acceptors (Lipinski definition) is 7. The molecule has 0 unspecified atom stereocenters. The predicted molar refractivity (Wildman–Crippen MR) is 98.5 cm³/mol. The Balaban J connectivity index is 1.56. The third-order valence-electron chi connectivity index (χ3n) is 3.77. The Hall–Kier alpha value is -2.85. The number of aryl methyl sites for hydroxylation is 1. The minimum Gasteiger partial charge on any atom is -0.246 e. The van der Waals surface area contributed by atoms with E-state index in [1.807, 2.05) is 31.2 Å². The van der Waals surface area contributed by atoms with Gasteiger partial charge in [0.1, 0.15) is 22.3 Å². The summed E-state index contributed by atoms with van der Waals surface area (Å²) in [5.74, 6) is 0.0114. The summed E-state index contributed by atoms with van der Waals surface area (Å²) in [6.07, 6.45) is 1.49. The molecular weight excluding hydrogens is 372 g/mol. The monoisotopic (exact) mass is 386 g/mol. The summed E-state index contributed by atoms with van der Waals surface area (Å²) in [4.78, 5) is 4.09. The largest absolute Gasteiger partial charge is 0.266 e. The molecule has 0 aliphatic carbocycles. The highest BCUT2D eigenvalue weighted by molar-refractivity contribution is 7.93. The van der Waals surface area contributed by atoms with E-state index in [0.29, 0.717) is 17.6 Å². The van der Waals surface area contributed by atoms with E-state index in [0.717, 1.165) is 17.3 Å². The first kappa shape index (κ1) is 16.6. The summed E-state index contributed by atoms with van der Waals surface area (Å²) in [6, 6.07) is 12.8. The van der Waals surface area contributed by atoms with Gasteiger partial charge < -0.3 is 0 Å². The molecule has 2 aromatic carbocycles. The van der Waals surface area contributed by atoms with Crippen molar-refractivity contribution in [3.8, 4) is 0 Å². The molecular formula is C16H14N6O2S2. The second-order valence-electron chi connectivity index (χ2n) is 5.74. The Morgan fingerprint density at radius 1 is 1.12 bits per heavy atom. The average molecular weight is 386 g/mol. The number of sulfonamides is 1. The molecule has 2 heterocycles. The van der Waals surface area contributed by atoms with E-state index < -0.39 is 10.0 Å². The molecule has 0 saturated heterocycles. The minimum atomic E-state index is -3.86. The normalized spacial score (nSPS) is 11.7. The number of benzene rings is 2. The van der Waals surface area contributed by atoms with Gasteiger partial charge in [-0.2, -0.15) is 13.7 Å². The maximum Gasteiger partial charge on any atom is 0.266 e. The van der Waals surface area contributed by atoms with E-state index in [1.54, 1.807) is 16.8 Å². The molecule has 2 aromatic heterocycles. The number of aromatic nitrogens is 5. The number of rotatable bonds is 5. The fourth-order valence-electron chi connectivity index (χ4n) is 2.47. The van der Waals surface area contributed by atoms with Crippen molar-refractivity contribution in [1.29, 1.82) is 0 Å². The molecule has 4 rings (SSSR count). The zero-order valence-electron chi connectivity index (χ0n) is 13.7. The molecule has 0 atom stereocenters. The van der Waals surface area contributed by atoms with Crippen LogP contribution in [-0.4, -0.2) is 31.9 Å². The molecule has 26 heavy (non-hydrogen) atoms. The second-order valence-corrected chi connectivity index (χ2v) is 7.92. The maximum absolute atomic E-state index is 12.7. The smallest absolute Gasteiger partial charge is 0.246 e. The summed E-state index contributed by atoms with van der Waals surface area (Å²) in [6.45, 7) is 2.52. The molecule has 8 nitrogen and oxygen atoms in total. The highest BCUT2D eigenvalue weighted by Gasteiger charge is 2.21. The van der Waals surface area contributed by atoms with Crippen LogP contribution in [0, 0.1) is 6.92 Å². The van der Waals surface area contributed by atoms with Crippen LogP contribution in [0.4, 0.5) is 5.95 Å². The SMILES string of the molecule is Cc1ccc(Cn2cnc(NS(=O)(=O)c3cccc4nsnc34)n2)cc1. The number of hydrogen-bond donors (Lipinski definition) is 1. The van der Waals surface area contributed by atoms with Gasteiger partial charge in [-0.15, -0.1) is 5.10 Å². The van der Waals surface area contributed by atoms with Crippen molar-refractivity contribution in [2.24, 2.45) is 0 Å². The average Bonchev–Trinajstić information content (AvgIpc) is 3.25. The first-order valence-corrected chi connectivity index (χ1v) is 9.92. The Kier molecular flexibility index (Phi) is 4.13. The summed E-state index contributed by atoms with van der Waals surface area (Å²) in [7, 11) is -3.86. The van der Waals surface area contributed by atoms with Crippen LogP contribution < -0.4 is 4.72 Å². The summed E-state index contributed by atoms with van der Waals surface area (Å²) >= 11 is 0.968. The van der Waals surface area contributed by atoms with E-state index in [9.17, 15) is 8.42 Å². The van der Waals surface area contributed by atoms with E-state index in [-0.39, 0.29) is 10.8 Å². The van der Waals surface area contributed by atoms with E-state index >= 15 is 0 Å². The zero-order chi connectivity index (χ0) is 18.1. The Bertz CT molecular complexity index is 1160. The molecule has 0 saturated carbocycles. The minimum absolute atomic E-state index is 0.0114. The lowest BCUT2D eigenvalue weighted by molar-refractivity contribution is 0.601. The fraction of sp³-hybridized carbons (Fsp3) is 0.125. The van der Waals surface area contributed by atoms with Crippen molar-refractivity contribution in [1.82, 2.24) is 23.5 Å². The van der Waals surface area contributed by atoms with Gasteiger partial charge >= 0.3 is 0 Å². The lowest BCUT2D eigenvalue weighted by Gasteiger charge is -2.05. The van der Waals surface area contributed by atoms with Gasteiger partial charge in [-0.25, -0.2) is 17.8 Å². The quantitative estimate of drug-likeness (QED) is 0.565. The van der Waals surface area contributed by atoms with Crippen LogP contribution in [0.25, 0.3) is 11.0 Å². The standard InChI is InChI=1S/C16H14N6O2S2/c1-11-5-7-12(8-6-11)9-22-10-17-16(18-22)21-26(23,24)14-4-2-3-13-15(14)20-25-19-13/h2-8,10H,9H2,1H3,(H,18,21). The summed E-state index contributed by atoms with van der Waals surface area (Å²) < 4.78 is 37.4. The Labute approximate surface area is 153 Å². The van der Waals surface area contributed by atoms with Crippen LogP contribution in [-0.2, 0) is 16.6 Å². The molecule has 4 aromatic rings. The number of nitrogens with zero attached hydrogens (tertiary/aromatic N) is 5. The van der Waals surface area contributed by atoms with Crippen LogP contribution in [0.2, 0.25) is 0 Å². The van der Waals surface area contributed by atoms with Crippen LogP contribution in [0.5, 0.6) is 0 Å². The molecule has 132 valence electrons. The molecule has 0 spiro atoms. The summed E-state index contributed by atoms with van der Waals surface area (Å²) in [5, 5.41) is 4.19. The van der Waals surface area contributed by atoms with Crippen molar-refractivity contribution in [3.63, 3.8) is 0 Å². The van der Waals surface area contributed by atoms with E-state index in [1.165, 1.54) is 18.0 Å². The maximum atomic E-state index is 12.7. The van der Waals surface area contributed by atoms with Gasteiger partial charge in [-0.1, -0.05) is 35.9 Å². The van der Waals surface area contributed by atoms with Crippen molar-refractivity contribution >= 4 is 38.7 Å². The zero-order valence-corrected chi connectivity index (χ0v) is 15.3. The van der Waals surface area contributed by atoms with Gasteiger partial charge in [0.15, 0.2) is 0 Å². The van der Waals surface area contributed by atoms with Crippen molar-refractivity contribution < 1.29 is 8.42 Å². The van der Waals surface area contributed by atoms with Gasteiger partial charge in [-0.05, 0) is 24.6 Å². The lowest BCUT2D eigenvalue weighted by Crippen LogP contribution is -2.15. The molecule has 0 radical (unpaired) electrons. The van der Waals surface area contributed by atoms with Crippen molar-refractivity contribution in [3.05, 3.63) is 59.9 Å². The highest BCUT2D eigenvalue weighted by atomic mass is 32.2. The number of nitrogens with one attached hydrogen (secondary N) is 1. The molecule has 0 aliphatic rings. The van der Waals surface area contributed by atoms with Crippen LogP contribution in [0.15, 0.2) is 53.7 Å². The Morgan fingerprint density at radius 3 is 2.73 bits per heavy atom. The number of fused-ring (bicyclic) bond motifs is 1. The lowest BCUT2D eigenvalue weighted by atomic mass is 10.1. The Morgan fingerprint density at radius 2 is 1.92 bits per heavy atom. The predicted octanol–water partition coefficient (Wildman–Crippen LogP) is 2.44. The molecule has 0 fully saturated rings. The van der Waals surface area contributed by atoms with E-state index in [2.05, 4.69) is 23.6 Å². The molecule has 1 N–H and O–H groups in total.